The summed E-state index contributed by atoms with van der Waals surface area (Å²) in [5, 5.41) is 27.4. The maximum atomic E-state index is 9.39. The molecule has 0 heterocycles. The van der Waals surface area contributed by atoms with Crippen LogP contribution in [0.15, 0.2) is 58.3 Å². The van der Waals surface area contributed by atoms with Crippen LogP contribution in [0.25, 0.3) is 0 Å². The molecule has 3 N–H and O–H groups in total. The van der Waals surface area contributed by atoms with Crippen LogP contribution in [0.1, 0.15) is 6.42 Å². The number of hydrogen-bond acceptors (Lipinski definition) is 6. The Morgan fingerprint density at radius 3 is 1.88 bits per heavy atom. The lowest BCUT2D eigenvalue weighted by atomic mass is 10.3. The minimum Gasteiger partial charge on any atom is -0.493 e. The van der Waals surface area contributed by atoms with E-state index in [9.17, 15) is 10.2 Å². The van der Waals surface area contributed by atoms with Crippen molar-refractivity contribution in [1.29, 1.82) is 0 Å². The zero-order valence-electron chi connectivity index (χ0n) is 14.3. The van der Waals surface area contributed by atoms with E-state index in [0.29, 0.717) is 18.8 Å². The fourth-order valence-electron chi connectivity index (χ4n) is 1.98. The van der Waals surface area contributed by atoms with Crippen LogP contribution in [-0.4, -0.2) is 53.2 Å². The van der Waals surface area contributed by atoms with Crippen LogP contribution in [0.4, 0.5) is 0 Å². The summed E-state index contributed by atoms with van der Waals surface area (Å²) in [4.78, 5) is 2.13. The van der Waals surface area contributed by atoms with Crippen molar-refractivity contribution in [2.24, 2.45) is 0 Å². The Hall–Kier alpha value is -1.44. The fraction of sp³-hybridized carbons (Fsp3) is 0.368. The average Bonchev–Trinajstić information content (AvgIpc) is 2.68. The van der Waals surface area contributed by atoms with Gasteiger partial charge in [0.15, 0.2) is 0 Å². The maximum Gasteiger partial charge on any atom is 0.119 e. The van der Waals surface area contributed by atoms with E-state index in [1.807, 2.05) is 48.5 Å². The number of rotatable bonds is 11. The van der Waals surface area contributed by atoms with Gasteiger partial charge in [-0.05, 0) is 48.5 Å². The third kappa shape index (κ3) is 7.43. The summed E-state index contributed by atoms with van der Waals surface area (Å²) < 4.78 is 11.0. The Bertz CT molecular complexity index is 635. The second kappa shape index (κ2) is 11.3. The maximum absolute atomic E-state index is 9.39. The highest BCUT2D eigenvalue weighted by atomic mass is 35.5. The molecule has 0 aliphatic rings. The van der Waals surface area contributed by atoms with Gasteiger partial charge in [-0.25, -0.2) is 0 Å². The van der Waals surface area contributed by atoms with Gasteiger partial charge < -0.3 is 24.8 Å². The van der Waals surface area contributed by atoms with Crippen molar-refractivity contribution in [1.82, 2.24) is 0 Å². The number of halogens is 1. The second-order valence-corrected chi connectivity index (χ2v) is 7.09. The molecule has 0 radical (unpaired) electrons. The van der Waals surface area contributed by atoms with Crippen molar-refractivity contribution in [2.75, 3.05) is 25.7 Å². The molecule has 0 spiro atoms. The van der Waals surface area contributed by atoms with E-state index < -0.39 is 12.2 Å². The van der Waals surface area contributed by atoms with Gasteiger partial charge in [0, 0.05) is 16.2 Å². The molecule has 0 aliphatic heterocycles. The van der Waals surface area contributed by atoms with Crippen molar-refractivity contribution < 1.29 is 24.8 Å². The van der Waals surface area contributed by atoms with Crippen molar-refractivity contribution in [3.63, 3.8) is 0 Å². The first-order chi connectivity index (χ1) is 12.6. The molecule has 0 aliphatic carbocycles. The standard InChI is InChI=1S/C19H23ClO5S/c20-11-15(23)13-25-17-3-7-19(8-4-17)26-18-5-1-16(2-6-18)24-10-9-14(22)12-21/h1-8,14-15,21-23H,9-13H2. The van der Waals surface area contributed by atoms with Crippen LogP contribution in [0.2, 0.25) is 0 Å². The lowest BCUT2D eigenvalue weighted by Gasteiger charge is -2.10. The topological polar surface area (TPSA) is 79.2 Å². The van der Waals surface area contributed by atoms with Gasteiger partial charge in [0.25, 0.3) is 0 Å². The largest absolute Gasteiger partial charge is 0.493 e. The van der Waals surface area contributed by atoms with Gasteiger partial charge in [-0.2, -0.15) is 0 Å². The van der Waals surface area contributed by atoms with Crippen molar-refractivity contribution in [2.45, 2.75) is 28.4 Å². The molecule has 2 rings (SSSR count). The van der Waals surface area contributed by atoms with Crippen molar-refractivity contribution in [3.8, 4) is 11.5 Å². The zero-order chi connectivity index (χ0) is 18.8. The van der Waals surface area contributed by atoms with Gasteiger partial charge >= 0.3 is 0 Å². The lowest BCUT2D eigenvalue weighted by Crippen LogP contribution is -2.18. The van der Waals surface area contributed by atoms with Gasteiger partial charge in [-0.3, -0.25) is 0 Å². The highest BCUT2D eigenvalue weighted by Crippen LogP contribution is 2.30. The molecule has 5 nitrogen and oxygen atoms in total. The van der Waals surface area contributed by atoms with Crippen LogP contribution in [0, 0.1) is 0 Å². The number of aliphatic hydroxyl groups excluding tert-OH is 3. The summed E-state index contributed by atoms with van der Waals surface area (Å²) in [6.45, 7) is 0.275. The molecule has 2 aromatic carbocycles. The molecular weight excluding hydrogens is 376 g/mol. The van der Waals surface area contributed by atoms with E-state index in [-0.39, 0.29) is 19.1 Å². The molecular formula is C19H23ClO5S. The number of aliphatic hydroxyl groups is 3. The minimum atomic E-state index is -0.741. The summed E-state index contributed by atoms with van der Waals surface area (Å²) >= 11 is 7.14. The molecule has 0 bridgehead atoms. The summed E-state index contributed by atoms with van der Waals surface area (Å²) in [6, 6.07) is 15.3. The first-order valence-electron chi connectivity index (χ1n) is 8.27. The zero-order valence-corrected chi connectivity index (χ0v) is 15.8. The minimum absolute atomic E-state index is 0.148. The average molecular weight is 399 g/mol. The van der Waals surface area contributed by atoms with Crippen LogP contribution >= 0.6 is 23.4 Å². The molecule has 0 saturated heterocycles. The van der Waals surface area contributed by atoms with E-state index in [4.69, 9.17) is 26.2 Å². The SMILES string of the molecule is OCC(O)CCOc1ccc(Sc2ccc(OCC(O)CCl)cc2)cc1. The highest BCUT2D eigenvalue weighted by molar-refractivity contribution is 7.99. The van der Waals surface area contributed by atoms with Crippen LogP contribution < -0.4 is 9.47 Å². The number of hydrogen-bond donors (Lipinski definition) is 3. The Kier molecular flexibility index (Phi) is 9.08. The monoisotopic (exact) mass is 398 g/mol. The van der Waals surface area contributed by atoms with E-state index in [0.717, 1.165) is 15.5 Å². The molecule has 7 heteroatoms. The predicted molar refractivity (Wildman–Crippen MR) is 102 cm³/mol. The molecule has 0 fully saturated rings. The lowest BCUT2D eigenvalue weighted by molar-refractivity contribution is 0.0754. The first-order valence-corrected chi connectivity index (χ1v) is 9.62. The smallest absolute Gasteiger partial charge is 0.119 e. The first kappa shape index (κ1) is 20.9. The molecule has 2 aromatic rings. The van der Waals surface area contributed by atoms with E-state index in [1.54, 1.807) is 11.8 Å². The van der Waals surface area contributed by atoms with Gasteiger partial charge in [0.1, 0.15) is 24.2 Å². The number of alkyl halides is 1. The third-order valence-corrected chi connectivity index (χ3v) is 4.81. The number of benzene rings is 2. The Morgan fingerprint density at radius 2 is 1.38 bits per heavy atom. The Labute approximate surface area is 162 Å². The summed E-state index contributed by atoms with van der Waals surface area (Å²) in [7, 11) is 0. The molecule has 0 aromatic heterocycles. The predicted octanol–water partition coefficient (Wildman–Crippen LogP) is 2.94. The van der Waals surface area contributed by atoms with Crippen LogP contribution in [-0.2, 0) is 0 Å². The molecule has 2 unspecified atom stereocenters. The molecule has 0 saturated carbocycles. The number of ether oxygens (including phenoxy) is 2. The quantitative estimate of drug-likeness (QED) is 0.505. The van der Waals surface area contributed by atoms with Crippen molar-refractivity contribution in [3.05, 3.63) is 48.5 Å². The van der Waals surface area contributed by atoms with Gasteiger partial charge in [0.05, 0.1) is 25.2 Å². The van der Waals surface area contributed by atoms with Gasteiger partial charge in [-0.1, -0.05) is 11.8 Å². The third-order valence-electron chi connectivity index (χ3n) is 3.43. The Morgan fingerprint density at radius 1 is 0.846 bits per heavy atom. The normalized spacial score (nSPS) is 13.2. The second-order valence-electron chi connectivity index (χ2n) is 5.64. The molecule has 2 atom stereocenters. The molecule has 26 heavy (non-hydrogen) atoms. The Balaban J connectivity index is 1.81. The summed E-state index contributed by atoms with van der Waals surface area (Å²) in [5.41, 5.74) is 0. The van der Waals surface area contributed by atoms with Crippen molar-refractivity contribution >= 4 is 23.4 Å². The van der Waals surface area contributed by atoms with E-state index >= 15 is 0 Å². The fourth-order valence-corrected chi connectivity index (χ4v) is 2.89. The van der Waals surface area contributed by atoms with E-state index in [1.165, 1.54) is 0 Å². The molecule has 142 valence electrons. The highest BCUT2D eigenvalue weighted by Gasteiger charge is 2.05. The van der Waals surface area contributed by atoms with E-state index in [2.05, 4.69) is 0 Å². The van der Waals surface area contributed by atoms with Crippen LogP contribution in [0.5, 0.6) is 11.5 Å². The van der Waals surface area contributed by atoms with Gasteiger partial charge in [-0.15, -0.1) is 11.6 Å². The molecule has 0 amide bonds. The summed E-state index contributed by atoms with van der Waals surface area (Å²) in [6.07, 6.45) is -1.02. The van der Waals surface area contributed by atoms with Gasteiger partial charge in [0.2, 0.25) is 0 Å². The van der Waals surface area contributed by atoms with Crippen LogP contribution in [0.3, 0.4) is 0 Å². The summed E-state index contributed by atoms with van der Waals surface area (Å²) in [5.74, 6) is 1.56.